The van der Waals surface area contributed by atoms with Gasteiger partial charge in [0.15, 0.2) is 0 Å². The van der Waals surface area contributed by atoms with Crippen LogP contribution in [-0.4, -0.2) is 81.1 Å². The van der Waals surface area contributed by atoms with Crippen molar-refractivity contribution in [2.75, 3.05) is 0 Å². The molecule has 0 aliphatic heterocycles. The van der Waals surface area contributed by atoms with E-state index in [4.69, 9.17) is 5.73 Å². The maximum absolute atomic E-state index is 14.0. The Balaban J connectivity index is 1.56. The Morgan fingerprint density at radius 2 is 1.17 bits per heavy atom. The normalized spacial score (nSPS) is 14.7. The first-order valence-electron chi connectivity index (χ1n) is 17.3. The number of amides is 4. The molecule has 4 rings (SSSR count). The van der Waals surface area contributed by atoms with Crippen molar-refractivity contribution >= 4 is 40.5 Å². The number of aromatic amines is 1. The number of benzene rings is 3. The maximum Gasteiger partial charge on any atom is 0.326 e. The number of rotatable bonds is 18. The van der Waals surface area contributed by atoms with E-state index in [0.29, 0.717) is 5.56 Å². The van der Waals surface area contributed by atoms with Crippen molar-refractivity contribution in [3.05, 3.63) is 108 Å². The number of carbonyl (C=O) groups excluding carboxylic acids is 4. The first-order chi connectivity index (χ1) is 24.8. The van der Waals surface area contributed by atoms with Gasteiger partial charge in [-0.2, -0.15) is 0 Å². The van der Waals surface area contributed by atoms with E-state index in [2.05, 4.69) is 26.3 Å². The van der Waals surface area contributed by atoms with Crippen molar-refractivity contribution in [1.82, 2.24) is 26.3 Å². The minimum atomic E-state index is -1.55. The van der Waals surface area contributed by atoms with E-state index in [0.717, 1.165) is 22.0 Å². The minimum Gasteiger partial charge on any atom is -0.480 e. The molecule has 0 spiro atoms. The van der Waals surface area contributed by atoms with Crippen LogP contribution in [0.2, 0.25) is 0 Å². The first-order valence-corrected chi connectivity index (χ1v) is 17.3. The van der Waals surface area contributed by atoms with Crippen molar-refractivity contribution in [3.8, 4) is 0 Å². The molecule has 1 aromatic heterocycles. The van der Waals surface area contributed by atoms with Crippen LogP contribution in [-0.2, 0) is 43.2 Å². The van der Waals surface area contributed by atoms with Gasteiger partial charge in [0.2, 0.25) is 23.6 Å². The van der Waals surface area contributed by atoms with Crippen molar-refractivity contribution in [2.24, 2.45) is 11.7 Å². The average Bonchev–Trinajstić information content (AvgIpc) is 3.52. The number of para-hydroxylation sites is 1. The molecule has 4 aromatic rings. The van der Waals surface area contributed by atoms with Crippen molar-refractivity contribution < 1.29 is 34.2 Å². The molecule has 52 heavy (non-hydrogen) atoms. The predicted molar refractivity (Wildman–Crippen MR) is 197 cm³/mol. The summed E-state index contributed by atoms with van der Waals surface area (Å²) in [6, 6.07) is 19.3. The van der Waals surface area contributed by atoms with Crippen molar-refractivity contribution in [1.29, 1.82) is 0 Å². The summed E-state index contributed by atoms with van der Waals surface area (Å²) >= 11 is 0. The fourth-order valence-electron chi connectivity index (χ4n) is 5.91. The van der Waals surface area contributed by atoms with Gasteiger partial charge in [0, 0.05) is 29.9 Å². The highest BCUT2D eigenvalue weighted by molar-refractivity contribution is 5.96. The molecule has 4 amide bonds. The summed E-state index contributed by atoms with van der Waals surface area (Å²) in [6.45, 7) is 4.96. The standard InChI is InChI=1S/C39H48N6O7/c1-23(2)18-33(39(51)52)44-36(48)31(20-26-14-8-5-9-15-26)43-38(50)34(24(3)46)45-37(49)32(21-27-22-41-30-17-11-10-16-28(27)30)42-35(47)29(40)19-25-12-6-4-7-13-25/h4-17,22-24,29,31-34,41,46H,18-21,40H2,1-3H3,(H,42,47)(H,43,50)(H,44,48)(H,45,49)(H,51,52)/t24-,29+,31+,32+,33+,34+/m1/s1. The smallest absolute Gasteiger partial charge is 0.326 e. The fourth-order valence-corrected chi connectivity index (χ4v) is 5.91. The Kier molecular flexibility index (Phi) is 14.1. The lowest BCUT2D eigenvalue weighted by Crippen LogP contribution is -2.61. The Bertz CT molecular complexity index is 1810. The second-order valence-electron chi connectivity index (χ2n) is 13.4. The van der Waals surface area contributed by atoms with Crippen LogP contribution in [0.4, 0.5) is 0 Å². The Morgan fingerprint density at radius 3 is 1.77 bits per heavy atom. The molecule has 9 N–H and O–H groups in total. The van der Waals surface area contributed by atoms with Crippen LogP contribution in [0.25, 0.3) is 10.9 Å². The van der Waals surface area contributed by atoms with Gasteiger partial charge in [-0.1, -0.05) is 92.7 Å². The summed E-state index contributed by atoms with van der Waals surface area (Å²) in [7, 11) is 0. The Morgan fingerprint density at radius 1 is 0.654 bits per heavy atom. The summed E-state index contributed by atoms with van der Waals surface area (Å²) in [5.41, 5.74) is 9.32. The van der Waals surface area contributed by atoms with Crippen LogP contribution in [0.5, 0.6) is 0 Å². The number of H-pyrrole nitrogens is 1. The van der Waals surface area contributed by atoms with E-state index in [1.54, 1.807) is 36.5 Å². The Hall–Kier alpha value is -5.53. The molecule has 0 aliphatic rings. The van der Waals surface area contributed by atoms with Crippen LogP contribution in [0.15, 0.2) is 91.1 Å². The number of aliphatic hydroxyl groups is 1. The molecular formula is C39H48N6O7. The van der Waals surface area contributed by atoms with Crippen LogP contribution in [0.1, 0.15) is 43.9 Å². The van der Waals surface area contributed by atoms with Crippen LogP contribution in [0, 0.1) is 5.92 Å². The zero-order valence-electron chi connectivity index (χ0n) is 29.5. The third-order valence-corrected chi connectivity index (χ3v) is 8.67. The summed E-state index contributed by atoms with van der Waals surface area (Å²) in [6.07, 6.45) is 0.721. The largest absolute Gasteiger partial charge is 0.480 e. The van der Waals surface area contributed by atoms with Gasteiger partial charge in [-0.05, 0) is 48.4 Å². The molecule has 6 atom stereocenters. The number of nitrogens with one attached hydrogen (secondary N) is 5. The minimum absolute atomic E-state index is 0.00541. The van der Waals surface area contributed by atoms with Crippen molar-refractivity contribution in [2.45, 2.75) is 82.8 Å². The third-order valence-electron chi connectivity index (χ3n) is 8.67. The summed E-state index contributed by atoms with van der Waals surface area (Å²) < 4.78 is 0. The van der Waals surface area contributed by atoms with Gasteiger partial charge in [-0.25, -0.2) is 4.79 Å². The number of hydrogen-bond donors (Lipinski definition) is 8. The lowest BCUT2D eigenvalue weighted by Gasteiger charge is -2.28. The van der Waals surface area contributed by atoms with Crippen molar-refractivity contribution in [3.63, 3.8) is 0 Å². The number of carboxylic acids is 1. The highest BCUT2D eigenvalue weighted by Crippen LogP contribution is 2.19. The van der Waals surface area contributed by atoms with E-state index in [1.807, 2.05) is 68.4 Å². The number of nitrogens with two attached hydrogens (primary N) is 1. The van der Waals surface area contributed by atoms with Crippen LogP contribution < -0.4 is 27.0 Å². The molecule has 0 bridgehead atoms. The third kappa shape index (κ3) is 11.2. The number of aliphatic hydroxyl groups excluding tert-OH is 1. The first kappa shape index (κ1) is 39.3. The molecular weight excluding hydrogens is 664 g/mol. The molecule has 13 heteroatoms. The number of fused-ring (bicyclic) bond motifs is 1. The molecule has 0 unspecified atom stereocenters. The molecule has 13 nitrogen and oxygen atoms in total. The monoisotopic (exact) mass is 712 g/mol. The van der Waals surface area contributed by atoms with Gasteiger partial charge in [-0.3, -0.25) is 19.2 Å². The van der Waals surface area contributed by atoms with Gasteiger partial charge in [0.05, 0.1) is 12.1 Å². The topological polar surface area (TPSA) is 216 Å². The molecule has 0 aliphatic carbocycles. The molecule has 1 heterocycles. The van der Waals surface area contributed by atoms with Gasteiger partial charge in [-0.15, -0.1) is 0 Å². The van der Waals surface area contributed by atoms with Gasteiger partial charge < -0.3 is 42.2 Å². The summed E-state index contributed by atoms with van der Waals surface area (Å²) in [4.78, 5) is 69.7. The molecule has 0 saturated carbocycles. The predicted octanol–water partition coefficient (Wildman–Crippen LogP) is 1.97. The molecule has 0 fully saturated rings. The van der Waals surface area contributed by atoms with E-state index in [9.17, 15) is 34.2 Å². The van der Waals surface area contributed by atoms with Gasteiger partial charge in [0.1, 0.15) is 24.2 Å². The molecule has 0 radical (unpaired) electrons. The highest BCUT2D eigenvalue weighted by atomic mass is 16.4. The summed E-state index contributed by atoms with van der Waals surface area (Å²) in [5, 5.41) is 31.8. The average molecular weight is 713 g/mol. The molecule has 3 aromatic carbocycles. The fraction of sp³-hybridized carbons (Fsp3) is 0.359. The number of carboxylic acid groups (broad SMARTS) is 1. The zero-order chi connectivity index (χ0) is 37.8. The molecule has 0 saturated heterocycles. The Labute approximate surface area is 302 Å². The lowest BCUT2D eigenvalue weighted by molar-refractivity contribution is -0.143. The number of carbonyl (C=O) groups is 5. The quantitative estimate of drug-likeness (QED) is 0.0762. The van der Waals surface area contributed by atoms with E-state index >= 15 is 0 Å². The van der Waals surface area contributed by atoms with Gasteiger partial charge >= 0.3 is 5.97 Å². The van der Waals surface area contributed by atoms with E-state index in [-0.39, 0.29) is 31.6 Å². The highest BCUT2D eigenvalue weighted by Gasteiger charge is 2.34. The molecule has 276 valence electrons. The maximum atomic E-state index is 14.0. The number of aromatic nitrogens is 1. The van der Waals surface area contributed by atoms with E-state index < -0.39 is 65.9 Å². The second-order valence-corrected chi connectivity index (χ2v) is 13.4. The number of hydrogen-bond acceptors (Lipinski definition) is 7. The lowest BCUT2D eigenvalue weighted by atomic mass is 10.0. The van der Waals surface area contributed by atoms with Gasteiger partial charge in [0.25, 0.3) is 0 Å². The van der Waals surface area contributed by atoms with Crippen LogP contribution in [0.3, 0.4) is 0 Å². The number of aliphatic carboxylic acids is 1. The SMILES string of the molecule is CC(C)C[C@H](NC(=O)[C@H](Cc1ccccc1)NC(=O)[C@@H](NC(=O)[C@H](Cc1c[nH]c2ccccc12)NC(=O)[C@@H](N)Cc1ccccc1)[C@@H](C)O)C(=O)O. The van der Waals surface area contributed by atoms with Crippen LogP contribution >= 0.6 is 0 Å². The summed E-state index contributed by atoms with van der Waals surface area (Å²) in [5.74, 6) is -4.22. The van der Waals surface area contributed by atoms with E-state index in [1.165, 1.54) is 6.92 Å². The zero-order valence-corrected chi connectivity index (χ0v) is 29.5. The second kappa shape index (κ2) is 18.6.